The maximum absolute atomic E-state index is 13.4. The molecule has 0 atom stereocenters. The molecule has 7 nitrogen and oxygen atoms in total. The van der Waals surface area contributed by atoms with Crippen LogP contribution in [0.25, 0.3) is 0 Å². The van der Waals surface area contributed by atoms with Crippen molar-refractivity contribution in [3.8, 4) is 0 Å². The van der Waals surface area contributed by atoms with Gasteiger partial charge in [-0.3, -0.25) is 4.79 Å². The first-order chi connectivity index (χ1) is 12.2. The van der Waals surface area contributed by atoms with Gasteiger partial charge in [-0.1, -0.05) is 0 Å². The molecule has 0 aliphatic carbocycles. The highest BCUT2D eigenvalue weighted by Crippen LogP contribution is 2.19. The van der Waals surface area contributed by atoms with Gasteiger partial charge in [0.25, 0.3) is 5.91 Å². The molecule has 2 aromatic rings. The number of aromatic nitrogens is 2. The van der Waals surface area contributed by atoms with Crippen molar-refractivity contribution in [3.05, 3.63) is 53.1 Å². The molecule has 0 saturated heterocycles. The molecule has 0 radical (unpaired) electrons. The SMILES string of the molecule is CS(=O)(=O)NCc1ncn2c1CN(C(=O)c1cc(F)cc(F)c1)CCC2. The van der Waals surface area contributed by atoms with Crippen LogP contribution in [0.1, 0.15) is 28.2 Å². The zero-order valence-corrected chi connectivity index (χ0v) is 14.9. The van der Waals surface area contributed by atoms with E-state index in [0.29, 0.717) is 37.0 Å². The van der Waals surface area contributed by atoms with Gasteiger partial charge in [-0.25, -0.2) is 26.9 Å². The first-order valence-electron chi connectivity index (χ1n) is 7.96. The van der Waals surface area contributed by atoms with Gasteiger partial charge in [0.2, 0.25) is 10.0 Å². The lowest BCUT2D eigenvalue weighted by atomic mass is 10.1. The van der Waals surface area contributed by atoms with Gasteiger partial charge >= 0.3 is 0 Å². The van der Waals surface area contributed by atoms with Gasteiger partial charge in [-0.2, -0.15) is 0 Å². The van der Waals surface area contributed by atoms with E-state index in [9.17, 15) is 22.0 Å². The van der Waals surface area contributed by atoms with Crippen LogP contribution < -0.4 is 4.72 Å². The standard InChI is InChI=1S/C16H18F2N4O3S/c1-26(24,25)20-8-14-15-9-21(3-2-4-22(15)10-19-14)16(23)11-5-12(17)7-13(18)6-11/h5-7,10,20H,2-4,8-9H2,1H3. The van der Waals surface area contributed by atoms with Crippen LogP contribution in [0.3, 0.4) is 0 Å². The highest BCUT2D eigenvalue weighted by atomic mass is 32.2. The van der Waals surface area contributed by atoms with E-state index in [2.05, 4.69) is 9.71 Å². The molecule has 10 heteroatoms. The largest absolute Gasteiger partial charge is 0.333 e. The molecule has 140 valence electrons. The van der Waals surface area contributed by atoms with E-state index in [1.54, 1.807) is 6.33 Å². The molecule has 1 aliphatic heterocycles. The molecule has 3 rings (SSSR count). The summed E-state index contributed by atoms with van der Waals surface area (Å²) in [7, 11) is -3.38. The minimum absolute atomic E-state index is 0.0117. The van der Waals surface area contributed by atoms with Crippen LogP contribution in [0.2, 0.25) is 0 Å². The van der Waals surface area contributed by atoms with Crippen molar-refractivity contribution < 1.29 is 22.0 Å². The van der Waals surface area contributed by atoms with Crippen LogP contribution in [0.5, 0.6) is 0 Å². The van der Waals surface area contributed by atoms with Gasteiger partial charge < -0.3 is 9.47 Å². The van der Waals surface area contributed by atoms with Gasteiger partial charge in [0.05, 0.1) is 37.1 Å². The Morgan fingerprint density at radius 1 is 1.23 bits per heavy atom. The Hall–Kier alpha value is -2.33. The second kappa shape index (κ2) is 7.12. The van der Waals surface area contributed by atoms with Crippen LogP contribution in [-0.2, 0) is 29.7 Å². The number of hydrogen-bond acceptors (Lipinski definition) is 4. The number of fused-ring (bicyclic) bond motifs is 1. The number of benzene rings is 1. The normalized spacial score (nSPS) is 14.8. The van der Waals surface area contributed by atoms with E-state index in [-0.39, 0.29) is 18.7 Å². The van der Waals surface area contributed by atoms with Crippen molar-refractivity contribution in [2.45, 2.75) is 26.1 Å². The van der Waals surface area contributed by atoms with Crippen molar-refractivity contribution >= 4 is 15.9 Å². The first kappa shape index (κ1) is 18.5. The minimum atomic E-state index is -3.38. The Labute approximate surface area is 149 Å². The van der Waals surface area contributed by atoms with Gasteiger partial charge in [-0.15, -0.1) is 0 Å². The summed E-state index contributed by atoms with van der Waals surface area (Å²) >= 11 is 0. The number of amides is 1. The van der Waals surface area contributed by atoms with E-state index in [1.165, 1.54) is 4.90 Å². The van der Waals surface area contributed by atoms with Gasteiger partial charge in [0.1, 0.15) is 11.6 Å². The average molecular weight is 384 g/mol. The quantitative estimate of drug-likeness (QED) is 0.860. The third-order valence-electron chi connectivity index (χ3n) is 4.10. The number of sulfonamides is 1. The third-order valence-corrected chi connectivity index (χ3v) is 4.77. The number of aryl methyl sites for hydroxylation is 1. The smallest absolute Gasteiger partial charge is 0.254 e. The summed E-state index contributed by atoms with van der Waals surface area (Å²) < 4.78 is 53.7. The number of nitrogens with one attached hydrogen (secondary N) is 1. The number of imidazole rings is 1. The third kappa shape index (κ3) is 4.25. The predicted molar refractivity (Wildman–Crippen MR) is 89.6 cm³/mol. The summed E-state index contributed by atoms with van der Waals surface area (Å²) in [5.41, 5.74) is 1.15. The Bertz CT molecular complexity index is 923. The first-order valence-corrected chi connectivity index (χ1v) is 9.85. The zero-order valence-electron chi connectivity index (χ0n) is 14.1. The van der Waals surface area contributed by atoms with Gasteiger partial charge in [-0.05, 0) is 18.6 Å². The molecule has 0 unspecified atom stereocenters. The van der Waals surface area contributed by atoms with Crippen molar-refractivity contribution in [1.82, 2.24) is 19.2 Å². The molecule has 1 aromatic heterocycles. The molecule has 1 amide bonds. The van der Waals surface area contributed by atoms with Crippen LogP contribution in [0, 0.1) is 11.6 Å². The zero-order chi connectivity index (χ0) is 18.9. The lowest BCUT2D eigenvalue weighted by Gasteiger charge is -2.21. The Kier molecular flexibility index (Phi) is 5.05. The maximum Gasteiger partial charge on any atom is 0.254 e. The van der Waals surface area contributed by atoms with E-state index in [1.807, 2.05) is 4.57 Å². The Morgan fingerprint density at radius 2 is 1.92 bits per heavy atom. The monoisotopic (exact) mass is 384 g/mol. The molecule has 26 heavy (non-hydrogen) atoms. The van der Waals surface area contributed by atoms with Crippen molar-refractivity contribution in [2.24, 2.45) is 0 Å². The average Bonchev–Trinajstić information content (AvgIpc) is 2.79. The molecular weight excluding hydrogens is 366 g/mol. The molecule has 0 bridgehead atoms. The highest BCUT2D eigenvalue weighted by Gasteiger charge is 2.24. The lowest BCUT2D eigenvalue weighted by molar-refractivity contribution is 0.0744. The molecule has 1 aromatic carbocycles. The van der Waals surface area contributed by atoms with Crippen LogP contribution >= 0.6 is 0 Å². The van der Waals surface area contributed by atoms with E-state index in [0.717, 1.165) is 18.4 Å². The van der Waals surface area contributed by atoms with Crippen molar-refractivity contribution in [2.75, 3.05) is 12.8 Å². The van der Waals surface area contributed by atoms with Crippen LogP contribution in [0.15, 0.2) is 24.5 Å². The van der Waals surface area contributed by atoms with Crippen LogP contribution in [0.4, 0.5) is 8.78 Å². The van der Waals surface area contributed by atoms with E-state index >= 15 is 0 Å². The van der Waals surface area contributed by atoms with Gasteiger partial charge in [0.15, 0.2) is 0 Å². The number of nitrogens with zero attached hydrogens (tertiary/aromatic N) is 3. The number of hydrogen-bond donors (Lipinski definition) is 1. The minimum Gasteiger partial charge on any atom is -0.333 e. The summed E-state index contributed by atoms with van der Waals surface area (Å²) in [5.74, 6) is -2.11. The number of rotatable bonds is 4. The molecule has 1 aliphatic rings. The summed E-state index contributed by atoms with van der Waals surface area (Å²) in [6.45, 7) is 1.22. The summed E-state index contributed by atoms with van der Waals surface area (Å²) in [5, 5.41) is 0. The van der Waals surface area contributed by atoms with Crippen molar-refractivity contribution in [1.29, 1.82) is 0 Å². The summed E-state index contributed by atoms with van der Waals surface area (Å²) in [6, 6.07) is 2.71. The number of carbonyl (C=O) groups excluding carboxylic acids is 1. The van der Waals surface area contributed by atoms with E-state index < -0.39 is 27.6 Å². The molecule has 0 fully saturated rings. The lowest BCUT2D eigenvalue weighted by Crippen LogP contribution is -2.31. The van der Waals surface area contributed by atoms with Gasteiger partial charge in [0, 0.05) is 24.7 Å². The summed E-state index contributed by atoms with van der Waals surface area (Å²) in [6.07, 6.45) is 3.30. The predicted octanol–water partition coefficient (Wildman–Crippen LogP) is 1.26. The fourth-order valence-corrected chi connectivity index (χ4v) is 3.30. The highest BCUT2D eigenvalue weighted by molar-refractivity contribution is 7.88. The van der Waals surface area contributed by atoms with E-state index in [4.69, 9.17) is 0 Å². The number of carbonyl (C=O) groups is 1. The topological polar surface area (TPSA) is 84.3 Å². The second-order valence-corrected chi connectivity index (χ2v) is 8.00. The maximum atomic E-state index is 13.4. The molecular formula is C16H18F2N4O3S. The molecule has 2 heterocycles. The number of halogens is 2. The summed E-state index contributed by atoms with van der Waals surface area (Å²) in [4.78, 5) is 18.4. The molecule has 0 spiro atoms. The molecule has 1 N–H and O–H groups in total. The fourth-order valence-electron chi connectivity index (χ4n) is 2.90. The Morgan fingerprint density at radius 3 is 2.58 bits per heavy atom. The Balaban J connectivity index is 1.84. The van der Waals surface area contributed by atoms with Crippen molar-refractivity contribution in [3.63, 3.8) is 0 Å². The fraction of sp³-hybridized carbons (Fsp3) is 0.375. The van der Waals surface area contributed by atoms with Crippen LogP contribution in [-0.4, -0.2) is 41.6 Å². The second-order valence-electron chi connectivity index (χ2n) is 6.16. The molecule has 0 saturated carbocycles.